The Morgan fingerprint density at radius 2 is 1.74 bits per heavy atom. The standard InChI is InChI=1S/C17H34N2/c1-13(2)10-16-12-19(14(3)4)17(11-18-16)15-8-6-5-7-9-15/h13-18H,5-12H2,1-4H3. The Labute approximate surface area is 120 Å². The lowest BCUT2D eigenvalue weighted by atomic mass is 9.81. The number of piperazine rings is 1. The smallest absolute Gasteiger partial charge is 0.0252 e. The molecule has 0 aromatic carbocycles. The molecule has 1 heterocycles. The minimum Gasteiger partial charge on any atom is -0.311 e. The van der Waals surface area contributed by atoms with Crippen LogP contribution in [0.25, 0.3) is 0 Å². The van der Waals surface area contributed by atoms with Gasteiger partial charge in [-0.15, -0.1) is 0 Å². The second-order valence-electron chi connectivity index (χ2n) is 7.49. The third-order valence-corrected chi connectivity index (χ3v) is 5.09. The second kappa shape index (κ2) is 7.08. The maximum Gasteiger partial charge on any atom is 0.0252 e. The summed E-state index contributed by atoms with van der Waals surface area (Å²) in [5.41, 5.74) is 0. The van der Waals surface area contributed by atoms with Gasteiger partial charge in [0, 0.05) is 31.2 Å². The van der Waals surface area contributed by atoms with Crippen LogP contribution in [0.3, 0.4) is 0 Å². The van der Waals surface area contributed by atoms with E-state index in [9.17, 15) is 0 Å². The van der Waals surface area contributed by atoms with E-state index in [0.29, 0.717) is 12.1 Å². The Bertz CT molecular complexity index is 256. The highest BCUT2D eigenvalue weighted by atomic mass is 15.3. The van der Waals surface area contributed by atoms with E-state index in [1.807, 2.05) is 0 Å². The topological polar surface area (TPSA) is 15.3 Å². The van der Waals surface area contributed by atoms with Crippen molar-refractivity contribution in [1.82, 2.24) is 10.2 Å². The van der Waals surface area contributed by atoms with Gasteiger partial charge in [0.1, 0.15) is 0 Å². The summed E-state index contributed by atoms with van der Waals surface area (Å²) >= 11 is 0. The second-order valence-corrected chi connectivity index (χ2v) is 7.49. The van der Waals surface area contributed by atoms with E-state index in [4.69, 9.17) is 0 Å². The minimum atomic E-state index is 0.698. The SMILES string of the molecule is CC(C)CC1CN(C(C)C)C(C2CCCCC2)CN1. The van der Waals surface area contributed by atoms with Crippen LogP contribution in [-0.4, -0.2) is 36.1 Å². The maximum absolute atomic E-state index is 3.84. The van der Waals surface area contributed by atoms with Gasteiger partial charge >= 0.3 is 0 Å². The molecule has 1 saturated carbocycles. The van der Waals surface area contributed by atoms with Crippen LogP contribution in [0.5, 0.6) is 0 Å². The molecule has 112 valence electrons. The molecular formula is C17H34N2. The fourth-order valence-electron chi connectivity index (χ4n) is 4.14. The third-order valence-electron chi connectivity index (χ3n) is 5.09. The summed E-state index contributed by atoms with van der Waals surface area (Å²) in [5, 5.41) is 3.84. The predicted octanol–water partition coefficient (Wildman–Crippen LogP) is 3.66. The van der Waals surface area contributed by atoms with Crippen molar-refractivity contribution < 1.29 is 0 Å². The van der Waals surface area contributed by atoms with Crippen molar-refractivity contribution >= 4 is 0 Å². The predicted molar refractivity (Wildman–Crippen MR) is 83.5 cm³/mol. The van der Waals surface area contributed by atoms with E-state index >= 15 is 0 Å². The van der Waals surface area contributed by atoms with Crippen molar-refractivity contribution in [3.8, 4) is 0 Å². The first-order chi connectivity index (χ1) is 9.08. The molecule has 0 aromatic rings. The lowest BCUT2D eigenvalue weighted by molar-refractivity contribution is 0.0429. The zero-order chi connectivity index (χ0) is 13.8. The van der Waals surface area contributed by atoms with Gasteiger partial charge in [0.25, 0.3) is 0 Å². The molecule has 2 heteroatoms. The highest BCUT2D eigenvalue weighted by Crippen LogP contribution is 2.31. The lowest BCUT2D eigenvalue weighted by Crippen LogP contribution is -2.61. The van der Waals surface area contributed by atoms with Crippen molar-refractivity contribution in [1.29, 1.82) is 0 Å². The summed E-state index contributed by atoms with van der Waals surface area (Å²) in [6.45, 7) is 11.9. The molecule has 1 aliphatic carbocycles. The van der Waals surface area contributed by atoms with Gasteiger partial charge in [-0.3, -0.25) is 4.90 Å². The summed E-state index contributed by atoms with van der Waals surface area (Å²) in [7, 11) is 0. The Morgan fingerprint density at radius 1 is 1.05 bits per heavy atom. The van der Waals surface area contributed by atoms with Crippen LogP contribution in [0.2, 0.25) is 0 Å². The Kier molecular flexibility index (Phi) is 5.70. The molecule has 2 unspecified atom stereocenters. The van der Waals surface area contributed by atoms with Gasteiger partial charge in [-0.05, 0) is 44.9 Å². The van der Waals surface area contributed by atoms with E-state index in [-0.39, 0.29) is 0 Å². The zero-order valence-corrected chi connectivity index (χ0v) is 13.5. The van der Waals surface area contributed by atoms with Crippen molar-refractivity contribution in [2.75, 3.05) is 13.1 Å². The van der Waals surface area contributed by atoms with Gasteiger partial charge in [-0.1, -0.05) is 33.1 Å². The molecule has 2 aliphatic rings. The van der Waals surface area contributed by atoms with Crippen LogP contribution >= 0.6 is 0 Å². The molecule has 0 amide bonds. The molecule has 2 nitrogen and oxygen atoms in total. The zero-order valence-electron chi connectivity index (χ0n) is 13.5. The van der Waals surface area contributed by atoms with Crippen LogP contribution in [-0.2, 0) is 0 Å². The molecule has 0 spiro atoms. The third kappa shape index (κ3) is 4.19. The largest absolute Gasteiger partial charge is 0.311 e. The van der Waals surface area contributed by atoms with Crippen LogP contribution in [0.4, 0.5) is 0 Å². The summed E-state index contributed by atoms with van der Waals surface area (Å²) < 4.78 is 0. The van der Waals surface area contributed by atoms with Crippen molar-refractivity contribution in [2.24, 2.45) is 11.8 Å². The van der Waals surface area contributed by atoms with Gasteiger partial charge < -0.3 is 5.32 Å². The van der Waals surface area contributed by atoms with Gasteiger partial charge in [-0.25, -0.2) is 0 Å². The van der Waals surface area contributed by atoms with Gasteiger partial charge in [0.05, 0.1) is 0 Å². The molecule has 19 heavy (non-hydrogen) atoms. The first-order valence-corrected chi connectivity index (χ1v) is 8.57. The monoisotopic (exact) mass is 266 g/mol. The number of nitrogens with zero attached hydrogens (tertiary/aromatic N) is 1. The van der Waals surface area contributed by atoms with Crippen molar-refractivity contribution in [3.05, 3.63) is 0 Å². The Morgan fingerprint density at radius 3 is 2.32 bits per heavy atom. The average Bonchev–Trinajstić information content (AvgIpc) is 2.39. The van der Waals surface area contributed by atoms with E-state index < -0.39 is 0 Å². The minimum absolute atomic E-state index is 0.698. The fourth-order valence-corrected chi connectivity index (χ4v) is 4.14. The highest BCUT2D eigenvalue weighted by molar-refractivity contribution is 4.92. The van der Waals surface area contributed by atoms with Crippen LogP contribution in [0, 0.1) is 11.8 Å². The Balaban J connectivity index is 1.95. The van der Waals surface area contributed by atoms with Gasteiger partial charge in [0.2, 0.25) is 0 Å². The first-order valence-electron chi connectivity index (χ1n) is 8.57. The molecule has 2 atom stereocenters. The van der Waals surface area contributed by atoms with Gasteiger partial charge in [0.15, 0.2) is 0 Å². The Hall–Kier alpha value is -0.0800. The molecule has 1 saturated heterocycles. The normalized spacial score (nSPS) is 31.3. The molecule has 0 radical (unpaired) electrons. The first kappa shape index (κ1) is 15.3. The summed E-state index contributed by atoms with van der Waals surface area (Å²) in [6.07, 6.45) is 8.63. The van der Waals surface area contributed by atoms with Gasteiger partial charge in [-0.2, -0.15) is 0 Å². The molecule has 1 N–H and O–H groups in total. The quantitative estimate of drug-likeness (QED) is 0.835. The van der Waals surface area contributed by atoms with Crippen LogP contribution in [0.1, 0.15) is 66.2 Å². The summed E-state index contributed by atoms with van der Waals surface area (Å²) in [5.74, 6) is 1.75. The molecule has 2 rings (SSSR count). The van der Waals surface area contributed by atoms with E-state index in [0.717, 1.165) is 17.9 Å². The number of hydrogen-bond acceptors (Lipinski definition) is 2. The highest BCUT2D eigenvalue weighted by Gasteiger charge is 2.35. The average molecular weight is 266 g/mol. The summed E-state index contributed by atoms with van der Waals surface area (Å²) in [4.78, 5) is 2.81. The summed E-state index contributed by atoms with van der Waals surface area (Å²) in [6, 6.07) is 2.20. The lowest BCUT2D eigenvalue weighted by Gasteiger charge is -2.47. The van der Waals surface area contributed by atoms with Crippen LogP contribution in [0.15, 0.2) is 0 Å². The number of hydrogen-bond donors (Lipinski definition) is 1. The number of rotatable bonds is 4. The molecule has 0 bridgehead atoms. The maximum atomic E-state index is 3.84. The number of nitrogens with one attached hydrogen (secondary N) is 1. The van der Waals surface area contributed by atoms with Crippen LogP contribution < -0.4 is 5.32 Å². The van der Waals surface area contributed by atoms with E-state index in [1.165, 1.54) is 51.6 Å². The molecule has 0 aromatic heterocycles. The van der Waals surface area contributed by atoms with E-state index in [2.05, 4.69) is 37.9 Å². The molecule has 1 aliphatic heterocycles. The van der Waals surface area contributed by atoms with Crippen molar-refractivity contribution in [3.63, 3.8) is 0 Å². The molecular weight excluding hydrogens is 232 g/mol. The molecule has 2 fully saturated rings. The van der Waals surface area contributed by atoms with E-state index in [1.54, 1.807) is 0 Å². The van der Waals surface area contributed by atoms with Crippen molar-refractivity contribution in [2.45, 2.75) is 84.3 Å². The fraction of sp³-hybridized carbons (Fsp3) is 1.00.